The van der Waals surface area contributed by atoms with Crippen molar-refractivity contribution in [3.63, 3.8) is 0 Å². The Labute approximate surface area is 130 Å². The molecule has 3 nitrogen and oxygen atoms in total. The first-order valence-corrected chi connectivity index (χ1v) is 8.37. The minimum atomic E-state index is -0.165. The van der Waals surface area contributed by atoms with Crippen molar-refractivity contribution >= 4 is 15.9 Å². The molecule has 1 aromatic heterocycles. The standard InChI is InChI=1S/C16H27BrN2O/c1-10-6-7-12(14(20)8-10)16(3,4)9-13-15(17)11(2)18-19(13)5/h10,12,14,20H,6-9H2,1-5H3. The normalized spacial score (nSPS) is 27.9. The van der Waals surface area contributed by atoms with Crippen molar-refractivity contribution in [2.24, 2.45) is 24.3 Å². The third kappa shape index (κ3) is 3.11. The van der Waals surface area contributed by atoms with Crippen LogP contribution in [0.1, 0.15) is 51.4 Å². The van der Waals surface area contributed by atoms with Crippen molar-refractivity contribution in [1.29, 1.82) is 0 Å². The van der Waals surface area contributed by atoms with E-state index in [0.717, 1.165) is 29.4 Å². The van der Waals surface area contributed by atoms with Gasteiger partial charge < -0.3 is 5.11 Å². The summed E-state index contributed by atoms with van der Waals surface area (Å²) in [4.78, 5) is 0. The number of aryl methyl sites for hydroxylation is 2. The summed E-state index contributed by atoms with van der Waals surface area (Å²) in [5.41, 5.74) is 2.36. The van der Waals surface area contributed by atoms with Crippen molar-refractivity contribution in [3.8, 4) is 0 Å². The Balaban J connectivity index is 2.18. The third-order valence-corrected chi connectivity index (χ3v) is 6.00. The number of nitrogens with zero attached hydrogens (tertiary/aromatic N) is 2. The second-order valence-electron chi connectivity index (χ2n) is 7.23. The molecule has 0 saturated heterocycles. The summed E-state index contributed by atoms with van der Waals surface area (Å²) in [5.74, 6) is 1.03. The highest BCUT2D eigenvalue weighted by molar-refractivity contribution is 9.10. The molecule has 20 heavy (non-hydrogen) atoms. The molecule has 1 aliphatic carbocycles. The van der Waals surface area contributed by atoms with Gasteiger partial charge in [-0.2, -0.15) is 5.10 Å². The van der Waals surface area contributed by atoms with Crippen LogP contribution in [-0.2, 0) is 13.5 Å². The zero-order chi connectivity index (χ0) is 15.1. The molecule has 1 aromatic rings. The van der Waals surface area contributed by atoms with E-state index in [2.05, 4.69) is 41.8 Å². The average molecular weight is 343 g/mol. The molecule has 4 heteroatoms. The molecular formula is C16H27BrN2O. The molecule has 0 aromatic carbocycles. The number of rotatable bonds is 3. The molecule has 2 rings (SSSR count). The molecule has 0 spiro atoms. The summed E-state index contributed by atoms with van der Waals surface area (Å²) < 4.78 is 3.09. The molecule has 1 fully saturated rings. The molecular weight excluding hydrogens is 316 g/mol. The maximum atomic E-state index is 10.5. The Morgan fingerprint density at radius 2 is 2.05 bits per heavy atom. The molecule has 1 N–H and O–H groups in total. The Hall–Kier alpha value is -0.350. The minimum Gasteiger partial charge on any atom is -0.393 e. The van der Waals surface area contributed by atoms with E-state index in [-0.39, 0.29) is 11.5 Å². The van der Waals surface area contributed by atoms with Crippen molar-refractivity contribution in [3.05, 3.63) is 15.9 Å². The molecule has 1 heterocycles. The number of aliphatic hydroxyl groups is 1. The second-order valence-corrected chi connectivity index (χ2v) is 8.02. The zero-order valence-electron chi connectivity index (χ0n) is 13.3. The van der Waals surface area contributed by atoms with E-state index in [1.165, 1.54) is 12.1 Å². The lowest BCUT2D eigenvalue weighted by atomic mass is 9.65. The van der Waals surface area contributed by atoms with E-state index < -0.39 is 0 Å². The van der Waals surface area contributed by atoms with Crippen LogP contribution in [-0.4, -0.2) is 21.0 Å². The van der Waals surface area contributed by atoms with Crippen LogP contribution in [0.25, 0.3) is 0 Å². The van der Waals surface area contributed by atoms with E-state index in [4.69, 9.17) is 0 Å². The van der Waals surface area contributed by atoms with Crippen LogP contribution in [0.5, 0.6) is 0 Å². The highest BCUT2D eigenvalue weighted by atomic mass is 79.9. The Morgan fingerprint density at radius 3 is 2.55 bits per heavy atom. The third-order valence-electron chi connectivity index (χ3n) is 4.97. The van der Waals surface area contributed by atoms with Gasteiger partial charge in [-0.15, -0.1) is 0 Å². The second kappa shape index (κ2) is 5.80. The molecule has 1 aliphatic rings. The van der Waals surface area contributed by atoms with E-state index in [0.29, 0.717) is 11.8 Å². The molecule has 1 saturated carbocycles. The molecule has 0 bridgehead atoms. The first-order valence-electron chi connectivity index (χ1n) is 7.58. The SMILES string of the molecule is Cc1nn(C)c(CC(C)(C)C2CCC(C)CC2O)c1Br. The van der Waals surface area contributed by atoms with Gasteiger partial charge in [-0.3, -0.25) is 4.68 Å². The number of hydrogen-bond donors (Lipinski definition) is 1. The predicted molar refractivity (Wildman–Crippen MR) is 85.6 cm³/mol. The molecule has 0 amide bonds. The van der Waals surface area contributed by atoms with Gasteiger partial charge in [0.25, 0.3) is 0 Å². The molecule has 3 unspecified atom stereocenters. The predicted octanol–water partition coefficient (Wildman–Crippen LogP) is 3.86. The van der Waals surface area contributed by atoms with Gasteiger partial charge in [-0.05, 0) is 59.4 Å². The van der Waals surface area contributed by atoms with E-state index in [1.807, 2.05) is 18.7 Å². The summed E-state index contributed by atoms with van der Waals surface area (Å²) in [6.07, 6.45) is 4.09. The molecule has 114 valence electrons. The van der Waals surface area contributed by atoms with Crippen molar-refractivity contribution in [2.75, 3.05) is 0 Å². The first-order chi connectivity index (χ1) is 9.22. The Kier molecular flexibility index (Phi) is 4.65. The maximum absolute atomic E-state index is 10.5. The van der Waals surface area contributed by atoms with Crippen LogP contribution >= 0.6 is 15.9 Å². The van der Waals surface area contributed by atoms with Gasteiger partial charge in [0.15, 0.2) is 0 Å². The van der Waals surface area contributed by atoms with Gasteiger partial charge in [-0.1, -0.05) is 27.2 Å². The Bertz CT molecular complexity index is 481. The van der Waals surface area contributed by atoms with E-state index >= 15 is 0 Å². The summed E-state index contributed by atoms with van der Waals surface area (Å²) in [5, 5.41) is 14.9. The van der Waals surface area contributed by atoms with Crippen LogP contribution < -0.4 is 0 Å². The van der Waals surface area contributed by atoms with Crippen LogP contribution in [0.15, 0.2) is 4.47 Å². The van der Waals surface area contributed by atoms with Gasteiger partial charge in [0.1, 0.15) is 0 Å². The number of halogens is 1. The van der Waals surface area contributed by atoms with Gasteiger partial charge in [0, 0.05) is 7.05 Å². The summed E-state index contributed by atoms with van der Waals surface area (Å²) >= 11 is 3.66. The highest BCUT2D eigenvalue weighted by Gasteiger charge is 2.39. The van der Waals surface area contributed by atoms with E-state index in [1.54, 1.807) is 0 Å². The maximum Gasteiger partial charge on any atom is 0.0738 e. The largest absolute Gasteiger partial charge is 0.393 e. The monoisotopic (exact) mass is 342 g/mol. The number of aromatic nitrogens is 2. The zero-order valence-corrected chi connectivity index (χ0v) is 14.9. The minimum absolute atomic E-state index is 0.0856. The lowest BCUT2D eigenvalue weighted by molar-refractivity contribution is -0.0132. The summed E-state index contributed by atoms with van der Waals surface area (Å²) in [6, 6.07) is 0. The topological polar surface area (TPSA) is 38.0 Å². The smallest absolute Gasteiger partial charge is 0.0738 e. The van der Waals surface area contributed by atoms with Crippen molar-refractivity contribution in [1.82, 2.24) is 9.78 Å². The fourth-order valence-electron chi connectivity index (χ4n) is 3.70. The summed E-state index contributed by atoms with van der Waals surface area (Å²) in [6.45, 7) is 8.84. The van der Waals surface area contributed by atoms with Crippen LogP contribution in [0.3, 0.4) is 0 Å². The van der Waals surface area contributed by atoms with Gasteiger partial charge >= 0.3 is 0 Å². The quantitative estimate of drug-likeness (QED) is 0.905. The molecule has 0 aliphatic heterocycles. The van der Waals surface area contributed by atoms with Gasteiger partial charge in [-0.25, -0.2) is 0 Å². The first kappa shape index (κ1) is 16.0. The van der Waals surface area contributed by atoms with E-state index in [9.17, 15) is 5.11 Å². The van der Waals surface area contributed by atoms with Crippen molar-refractivity contribution in [2.45, 2.75) is 59.5 Å². The molecule has 0 radical (unpaired) electrons. The average Bonchev–Trinajstić information content (AvgIpc) is 2.55. The summed E-state index contributed by atoms with van der Waals surface area (Å²) in [7, 11) is 2.00. The van der Waals surface area contributed by atoms with Crippen LogP contribution in [0, 0.1) is 24.2 Å². The fraction of sp³-hybridized carbons (Fsp3) is 0.812. The fourth-order valence-corrected chi connectivity index (χ4v) is 4.17. The number of hydrogen-bond acceptors (Lipinski definition) is 2. The van der Waals surface area contributed by atoms with Crippen LogP contribution in [0.2, 0.25) is 0 Å². The lowest BCUT2D eigenvalue weighted by Crippen LogP contribution is -2.40. The van der Waals surface area contributed by atoms with Crippen molar-refractivity contribution < 1.29 is 5.11 Å². The highest BCUT2D eigenvalue weighted by Crippen LogP contribution is 2.43. The number of aliphatic hydroxyl groups excluding tert-OH is 1. The van der Waals surface area contributed by atoms with Crippen LogP contribution in [0.4, 0.5) is 0 Å². The Morgan fingerprint density at radius 1 is 1.40 bits per heavy atom. The lowest BCUT2D eigenvalue weighted by Gasteiger charge is -2.42. The van der Waals surface area contributed by atoms with Gasteiger partial charge in [0.2, 0.25) is 0 Å². The molecule has 3 atom stereocenters. The van der Waals surface area contributed by atoms with Gasteiger partial charge in [0.05, 0.1) is 22.0 Å².